The number of hydrogen-bond acceptors (Lipinski definition) is 2. The van der Waals surface area contributed by atoms with Gasteiger partial charge in [0.25, 0.3) is 0 Å². The summed E-state index contributed by atoms with van der Waals surface area (Å²) in [4.78, 5) is 12.6. The lowest BCUT2D eigenvalue weighted by Gasteiger charge is -2.85. The summed E-state index contributed by atoms with van der Waals surface area (Å²) >= 11 is 0. The van der Waals surface area contributed by atoms with E-state index in [0.29, 0.717) is 22.8 Å². The molecule has 2 nitrogen and oxygen atoms in total. The molecular formula is C22H28O2. The lowest BCUT2D eigenvalue weighted by molar-refractivity contribution is -0.393. The molecule has 10 rings (SSSR count). The largest absolute Gasteiger partial charge is 0.455 e. The first-order valence-electron chi connectivity index (χ1n) is 10.4. The van der Waals surface area contributed by atoms with Gasteiger partial charge in [-0.1, -0.05) is 6.58 Å². The van der Waals surface area contributed by atoms with Crippen LogP contribution in [0.2, 0.25) is 0 Å². The third kappa shape index (κ3) is 1.14. The molecule has 0 aromatic heterocycles. The Morgan fingerprint density at radius 1 is 0.958 bits per heavy atom. The average Bonchev–Trinajstić information content (AvgIpc) is 2.52. The van der Waals surface area contributed by atoms with Gasteiger partial charge in [0.2, 0.25) is 0 Å². The molecule has 0 N–H and O–H groups in total. The molecule has 0 aliphatic heterocycles. The molecule has 24 heavy (non-hydrogen) atoms. The molecule has 0 heterocycles. The van der Waals surface area contributed by atoms with E-state index in [-0.39, 0.29) is 11.6 Å². The summed E-state index contributed by atoms with van der Waals surface area (Å²) in [5.74, 6) is 7.95. The highest BCUT2D eigenvalue weighted by molar-refractivity contribution is 5.87. The molecule has 128 valence electrons. The van der Waals surface area contributed by atoms with Crippen LogP contribution >= 0.6 is 0 Å². The SMILES string of the molecule is C=C(C)C(=O)OC12CC3CC4C5C6CC7CC(C6CC41)C2C5(C7)C3. The molecule has 10 saturated carbocycles. The minimum absolute atomic E-state index is 0.0905. The van der Waals surface area contributed by atoms with Gasteiger partial charge in [0.05, 0.1) is 0 Å². The summed E-state index contributed by atoms with van der Waals surface area (Å²) in [7, 11) is 0. The van der Waals surface area contributed by atoms with Crippen LogP contribution in [0.25, 0.3) is 0 Å². The smallest absolute Gasteiger partial charge is 0.333 e. The molecule has 10 aliphatic rings. The topological polar surface area (TPSA) is 26.3 Å². The highest BCUT2D eigenvalue weighted by Crippen LogP contribution is 2.86. The van der Waals surface area contributed by atoms with Gasteiger partial charge in [-0.25, -0.2) is 4.79 Å². The van der Waals surface area contributed by atoms with E-state index in [1.54, 1.807) is 6.42 Å². The second-order valence-electron chi connectivity index (χ2n) is 10.9. The van der Waals surface area contributed by atoms with E-state index in [4.69, 9.17) is 4.74 Å². The van der Waals surface area contributed by atoms with E-state index in [1.165, 1.54) is 38.5 Å². The third-order valence-corrected chi connectivity index (χ3v) is 10.3. The van der Waals surface area contributed by atoms with E-state index in [0.717, 1.165) is 41.4 Å². The van der Waals surface area contributed by atoms with Crippen LogP contribution in [0.4, 0.5) is 0 Å². The van der Waals surface area contributed by atoms with Crippen molar-refractivity contribution in [3.05, 3.63) is 12.2 Å². The van der Waals surface area contributed by atoms with E-state index >= 15 is 0 Å². The highest BCUT2D eigenvalue weighted by Gasteiger charge is 2.83. The molecule has 11 unspecified atom stereocenters. The zero-order valence-electron chi connectivity index (χ0n) is 14.7. The molecule has 0 amide bonds. The number of carbonyl (C=O) groups excluding carboxylic acids is 1. The summed E-state index contributed by atoms with van der Waals surface area (Å²) < 4.78 is 6.49. The predicted molar refractivity (Wildman–Crippen MR) is 89.8 cm³/mol. The van der Waals surface area contributed by atoms with Crippen LogP contribution in [-0.2, 0) is 9.53 Å². The number of esters is 1. The Morgan fingerprint density at radius 2 is 1.71 bits per heavy atom. The van der Waals surface area contributed by atoms with Gasteiger partial charge >= 0.3 is 5.97 Å². The van der Waals surface area contributed by atoms with Crippen molar-refractivity contribution >= 4 is 5.97 Å². The number of hydrogen-bond donors (Lipinski definition) is 0. The Morgan fingerprint density at radius 3 is 2.54 bits per heavy atom. The van der Waals surface area contributed by atoms with Gasteiger partial charge in [-0.05, 0) is 98.7 Å². The molecule has 10 fully saturated rings. The van der Waals surface area contributed by atoms with Gasteiger partial charge < -0.3 is 4.74 Å². The van der Waals surface area contributed by atoms with Gasteiger partial charge in [-0.3, -0.25) is 0 Å². The molecule has 0 saturated heterocycles. The maximum atomic E-state index is 12.6. The minimum Gasteiger partial charge on any atom is -0.455 e. The van der Waals surface area contributed by atoms with E-state index in [1.807, 2.05) is 6.92 Å². The van der Waals surface area contributed by atoms with Gasteiger partial charge in [0.1, 0.15) is 5.60 Å². The van der Waals surface area contributed by atoms with E-state index in [2.05, 4.69) is 6.58 Å². The van der Waals surface area contributed by atoms with Crippen LogP contribution < -0.4 is 0 Å². The second kappa shape index (κ2) is 3.67. The fraction of sp³-hybridized carbons (Fsp3) is 0.864. The summed E-state index contributed by atoms with van der Waals surface area (Å²) in [6.07, 6.45) is 9.98. The highest BCUT2D eigenvalue weighted by atomic mass is 16.6. The molecular weight excluding hydrogens is 296 g/mol. The first-order valence-corrected chi connectivity index (χ1v) is 10.4. The Kier molecular flexibility index (Phi) is 2.05. The Bertz CT molecular complexity index is 692. The van der Waals surface area contributed by atoms with Gasteiger partial charge in [0, 0.05) is 17.4 Å². The lowest BCUT2D eigenvalue weighted by Crippen LogP contribution is -2.83. The summed E-state index contributed by atoms with van der Waals surface area (Å²) in [6, 6.07) is 0. The van der Waals surface area contributed by atoms with Crippen molar-refractivity contribution in [2.75, 3.05) is 0 Å². The van der Waals surface area contributed by atoms with Crippen molar-refractivity contribution in [2.45, 2.75) is 57.5 Å². The van der Waals surface area contributed by atoms with Gasteiger partial charge in [-0.15, -0.1) is 0 Å². The van der Waals surface area contributed by atoms with Crippen LogP contribution in [-0.4, -0.2) is 11.6 Å². The van der Waals surface area contributed by atoms with Gasteiger partial charge in [0.15, 0.2) is 0 Å². The minimum atomic E-state index is -0.0952. The summed E-state index contributed by atoms with van der Waals surface area (Å²) in [6.45, 7) is 5.71. The Hall–Kier alpha value is -0.790. The van der Waals surface area contributed by atoms with Crippen LogP contribution in [0.5, 0.6) is 0 Å². The summed E-state index contributed by atoms with van der Waals surface area (Å²) in [5, 5.41) is 0. The lowest BCUT2D eigenvalue weighted by atomic mass is 9.21. The van der Waals surface area contributed by atoms with Crippen molar-refractivity contribution in [3.8, 4) is 0 Å². The molecule has 11 atom stereocenters. The molecule has 11 bridgehead atoms. The Balaban J connectivity index is 1.44. The standard InChI is InChI=1S/C22H28O2/c1-10(2)20(23)24-22-9-12-5-16-17(22)6-13-14-3-11-4-15(13)19(22)21(7-11,8-12)18(14)16/h11-19H,1,3-9H2,2H3. The average molecular weight is 324 g/mol. The molecule has 1 spiro atoms. The fourth-order valence-electron chi connectivity index (χ4n) is 10.8. The molecule has 10 aliphatic carbocycles. The van der Waals surface area contributed by atoms with E-state index < -0.39 is 0 Å². The maximum absolute atomic E-state index is 12.6. The first-order chi connectivity index (χ1) is 11.5. The maximum Gasteiger partial charge on any atom is 0.333 e. The van der Waals surface area contributed by atoms with Crippen molar-refractivity contribution in [3.63, 3.8) is 0 Å². The number of ether oxygens (including phenoxy) is 1. The third-order valence-electron chi connectivity index (χ3n) is 10.3. The van der Waals surface area contributed by atoms with Crippen molar-refractivity contribution in [1.29, 1.82) is 0 Å². The predicted octanol–water partition coefficient (Wildman–Crippen LogP) is 4.20. The van der Waals surface area contributed by atoms with Crippen LogP contribution in [0.1, 0.15) is 51.9 Å². The summed E-state index contributed by atoms with van der Waals surface area (Å²) in [5.41, 5.74) is 1.08. The van der Waals surface area contributed by atoms with Crippen LogP contribution in [0, 0.1) is 58.7 Å². The molecule has 0 aromatic rings. The number of rotatable bonds is 2. The van der Waals surface area contributed by atoms with Gasteiger partial charge in [-0.2, -0.15) is 0 Å². The monoisotopic (exact) mass is 324 g/mol. The quantitative estimate of drug-likeness (QED) is 0.562. The molecule has 0 radical (unpaired) electrons. The van der Waals surface area contributed by atoms with E-state index in [9.17, 15) is 4.79 Å². The first kappa shape index (κ1) is 13.4. The fourth-order valence-corrected chi connectivity index (χ4v) is 10.8. The normalized spacial score (nSPS) is 65.6. The van der Waals surface area contributed by atoms with Crippen LogP contribution in [0.15, 0.2) is 12.2 Å². The van der Waals surface area contributed by atoms with Crippen molar-refractivity contribution in [2.24, 2.45) is 58.7 Å². The number of carbonyl (C=O) groups is 1. The zero-order chi connectivity index (χ0) is 16.0. The molecule has 2 heteroatoms. The zero-order valence-corrected chi connectivity index (χ0v) is 14.7. The van der Waals surface area contributed by atoms with Crippen LogP contribution in [0.3, 0.4) is 0 Å². The molecule has 0 aromatic carbocycles. The second-order valence-corrected chi connectivity index (χ2v) is 10.9. The van der Waals surface area contributed by atoms with Crippen molar-refractivity contribution in [1.82, 2.24) is 0 Å². The van der Waals surface area contributed by atoms with Crippen molar-refractivity contribution < 1.29 is 9.53 Å². The Labute approximate surface area is 144 Å².